The van der Waals surface area contributed by atoms with Gasteiger partial charge in [0.05, 0.1) is 27.0 Å². The van der Waals surface area contributed by atoms with Crippen molar-refractivity contribution in [1.82, 2.24) is 0 Å². The topological polar surface area (TPSA) is 98.4 Å². The minimum Gasteiger partial charge on any atom is -0.493 e. The average molecular weight is 343 g/mol. The lowest BCUT2D eigenvalue weighted by molar-refractivity contribution is -0.427. The van der Waals surface area contributed by atoms with Gasteiger partial charge in [0, 0.05) is 17.5 Å². The molecule has 0 heterocycles. The molecule has 0 fully saturated rings. The van der Waals surface area contributed by atoms with Crippen molar-refractivity contribution in [2.45, 2.75) is 18.9 Å². The number of ether oxygens (including phenoxy) is 3. The smallest absolute Gasteiger partial charge is 0.203 e. The van der Waals surface area contributed by atoms with Gasteiger partial charge in [-0.3, -0.25) is 4.79 Å². The summed E-state index contributed by atoms with van der Waals surface area (Å²) >= 11 is 0. The quantitative estimate of drug-likeness (QED) is 0.881. The highest BCUT2D eigenvalue weighted by atomic mass is 16.5. The highest BCUT2D eigenvalue weighted by molar-refractivity contribution is 5.82. The Labute approximate surface area is 146 Å². The van der Waals surface area contributed by atoms with Crippen LogP contribution in [0, 0.1) is 0 Å². The van der Waals surface area contributed by atoms with Gasteiger partial charge in [-0.25, -0.2) is 0 Å². The van der Waals surface area contributed by atoms with E-state index in [4.69, 9.17) is 19.9 Å². The number of quaternary nitrogens is 1. The number of anilines is 1. The second-order valence-electron chi connectivity index (χ2n) is 6.08. The SMILES string of the molecule is COc1cc2c(c(OC)c1OC)-c1ccc(N)c(=O)cc1[C@@H]([NH3+])CC2. The molecule has 0 radical (unpaired) electrons. The standard InChI is InChI=1S/C19H22N2O4/c1-23-16-8-10-4-6-13(20)12-9-15(22)14(21)7-5-11(12)17(10)19(25-3)18(16)24-2/h5,7-9,13H,4,6,20H2,1-3H3,(H2,21,22)/p+1/t13-/m0/s1. The Balaban J connectivity index is 2.45. The van der Waals surface area contributed by atoms with Crippen LogP contribution in [-0.4, -0.2) is 21.3 Å². The molecule has 2 aromatic rings. The first-order valence-corrected chi connectivity index (χ1v) is 8.10. The van der Waals surface area contributed by atoms with Gasteiger partial charge < -0.3 is 25.7 Å². The fourth-order valence-electron chi connectivity index (χ4n) is 3.40. The van der Waals surface area contributed by atoms with Gasteiger partial charge in [-0.2, -0.15) is 0 Å². The number of nitrogen functional groups attached to an aromatic ring is 1. The summed E-state index contributed by atoms with van der Waals surface area (Å²) in [5.41, 5.74) is 13.8. The lowest BCUT2D eigenvalue weighted by Gasteiger charge is -2.19. The molecule has 6 nitrogen and oxygen atoms in total. The summed E-state index contributed by atoms with van der Waals surface area (Å²) in [4.78, 5) is 12.2. The molecule has 2 aromatic carbocycles. The Morgan fingerprint density at radius 1 is 1.08 bits per heavy atom. The molecule has 3 rings (SSSR count). The molecule has 0 spiro atoms. The first-order valence-electron chi connectivity index (χ1n) is 8.10. The Morgan fingerprint density at radius 3 is 2.44 bits per heavy atom. The summed E-state index contributed by atoms with van der Waals surface area (Å²) in [6, 6.07) is 7.03. The molecule has 0 saturated heterocycles. The number of fused-ring (bicyclic) bond motifs is 3. The molecule has 25 heavy (non-hydrogen) atoms. The number of benzene rings is 1. The second kappa shape index (κ2) is 6.64. The van der Waals surface area contributed by atoms with Gasteiger partial charge in [0.15, 0.2) is 11.5 Å². The van der Waals surface area contributed by atoms with Gasteiger partial charge in [-0.15, -0.1) is 0 Å². The fraction of sp³-hybridized carbons (Fsp3) is 0.316. The fourth-order valence-corrected chi connectivity index (χ4v) is 3.40. The first kappa shape index (κ1) is 17.1. The van der Waals surface area contributed by atoms with E-state index in [1.165, 1.54) is 0 Å². The van der Waals surface area contributed by atoms with Crippen LogP contribution in [0.25, 0.3) is 11.1 Å². The van der Waals surface area contributed by atoms with E-state index < -0.39 is 0 Å². The predicted octanol–water partition coefficient (Wildman–Crippen LogP) is 1.55. The van der Waals surface area contributed by atoms with E-state index in [2.05, 4.69) is 5.73 Å². The zero-order valence-electron chi connectivity index (χ0n) is 14.7. The monoisotopic (exact) mass is 343 g/mol. The van der Waals surface area contributed by atoms with E-state index >= 15 is 0 Å². The highest BCUT2D eigenvalue weighted by Gasteiger charge is 2.28. The predicted molar refractivity (Wildman–Crippen MR) is 96.2 cm³/mol. The minimum atomic E-state index is -0.196. The largest absolute Gasteiger partial charge is 0.493 e. The van der Waals surface area contributed by atoms with Crippen LogP contribution in [0.5, 0.6) is 17.2 Å². The molecule has 0 saturated carbocycles. The van der Waals surface area contributed by atoms with Crippen molar-refractivity contribution in [3.05, 3.63) is 45.6 Å². The van der Waals surface area contributed by atoms with Crippen molar-refractivity contribution < 1.29 is 19.9 Å². The summed E-state index contributed by atoms with van der Waals surface area (Å²) < 4.78 is 16.7. The summed E-state index contributed by atoms with van der Waals surface area (Å²) in [6.07, 6.45) is 1.60. The van der Waals surface area contributed by atoms with Crippen LogP contribution >= 0.6 is 0 Å². The van der Waals surface area contributed by atoms with Gasteiger partial charge in [0.1, 0.15) is 6.04 Å². The Bertz CT molecular complexity index is 880. The maximum Gasteiger partial charge on any atom is 0.203 e. The molecule has 6 heteroatoms. The molecule has 0 aliphatic heterocycles. The summed E-state index contributed by atoms with van der Waals surface area (Å²) in [5.74, 6) is 1.73. The normalized spacial score (nSPS) is 15.6. The number of aryl methyl sites for hydroxylation is 1. The van der Waals surface area contributed by atoms with E-state index in [1.54, 1.807) is 33.5 Å². The van der Waals surface area contributed by atoms with Crippen molar-refractivity contribution >= 4 is 5.69 Å². The lowest BCUT2D eigenvalue weighted by Crippen LogP contribution is -2.53. The number of rotatable bonds is 3. The van der Waals surface area contributed by atoms with Gasteiger partial charge in [-0.05, 0) is 35.7 Å². The van der Waals surface area contributed by atoms with Crippen molar-refractivity contribution in [2.24, 2.45) is 0 Å². The minimum absolute atomic E-state index is 0.0244. The molecule has 0 aromatic heterocycles. The number of hydrogen-bond donors (Lipinski definition) is 2. The van der Waals surface area contributed by atoms with Crippen LogP contribution in [0.15, 0.2) is 29.1 Å². The highest BCUT2D eigenvalue weighted by Crippen LogP contribution is 2.49. The van der Waals surface area contributed by atoms with E-state index in [0.717, 1.165) is 35.1 Å². The summed E-state index contributed by atoms with van der Waals surface area (Å²) in [7, 11) is 4.77. The van der Waals surface area contributed by atoms with Crippen LogP contribution in [-0.2, 0) is 6.42 Å². The molecule has 1 atom stereocenters. The number of hydrogen-bond acceptors (Lipinski definition) is 5. The molecule has 132 valence electrons. The molecule has 0 amide bonds. The Hall–Kier alpha value is -2.73. The van der Waals surface area contributed by atoms with Gasteiger partial charge in [-0.1, -0.05) is 6.07 Å². The van der Waals surface area contributed by atoms with Crippen molar-refractivity contribution in [2.75, 3.05) is 27.1 Å². The van der Waals surface area contributed by atoms with Crippen molar-refractivity contribution in [3.63, 3.8) is 0 Å². The summed E-state index contributed by atoms with van der Waals surface area (Å²) in [5, 5.41) is 0. The van der Waals surface area contributed by atoms with E-state index in [9.17, 15) is 4.79 Å². The Kier molecular flexibility index (Phi) is 4.55. The Morgan fingerprint density at radius 2 is 1.80 bits per heavy atom. The maximum atomic E-state index is 12.2. The van der Waals surface area contributed by atoms with Gasteiger partial charge in [0.25, 0.3) is 0 Å². The molecule has 1 aliphatic rings. The van der Waals surface area contributed by atoms with Crippen molar-refractivity contribution in [1.29, 1.82) is 0 Å². The lowest BCUT2D eigenvalue weighted by atomic mass is 9.95. The van der Waals surface area contributed by atoms with E-state index in [1.807, 2.05) is 12.1 Å². The third-order valence-corrected chi connectivity index (χ3v) is 4.69. The van der Waals surface area contributed by atoms with Crippen molar-refractivity contribution in [3.8, 4) is 28.4 Å². The van der Waals surface area contributed by atoms with Crippen LogP contribution in [0.1, 0.15) is 23.6 Å². The van der Waals surface area contributed by atoms with Crippen LogP contribution < -0.4 is 31.1 Å². The zero-order chi connectivity index (χ0) is 18.1. The molecule has 5 N–H and O–H groups in total. The molecule has 1 aliphatic carbocycles. The van der Waals surface area contributed by atoms with E-state index in [0.29, 0.717) is 17.2 Å². The van der Waals surface area contributed by atoms with Gasteiger partial charge >= 0.3 is 0 Å². The van der Waals surface area contributed by atoms with Crippen LogP contribution in [0.4, 0.5) is 5.69 Å². The average Bonchev–Trinajstić information content (AvgIpc) is 2.84. The molecule has 0 bridgehead atoms. The summed E-state index contributed by atoms with van der Waals surface area (Å²) in [6.45, 7) is 0. The zero-order valence-corrected chi connectivity index (χ0v) is 14.7. The first-order chi connectivity index (χ1) is 12.0. The number of nitrogens with two attached hydrogens (primary N) is 1. The number of methoxy groups -OCH3 is 3. The van der Waals surface area contributed by atoms with Gasteiger partial charge in [0.2, 0.25) is 11.2 Å². The maximum absolute atomic E-state index is 12.2. The van der Waals surface area contributed by atoms with Crippen LogP contribution in [0.3, 0.4) is 0 Å². The molecular weight excluding hydrogens is 320 g/mol. The third kappa shape index (κ3) is 2.78. The molecule has 0 unspecified atom stereocenters. The van der Waals surface area contributed by atoms with Crippen LogP contribution in [0.2, 0.25) is 0 Å². The van der Waals surface area contributed by atoms with E-state index in [-0.39, 0.29) is 17.2 Å². The third-order valence-electron chi connectivity index (χ3n) is 4.69. The second-order valence-corrected chi connectivity index (χ2v) is 6.08. The molecular formula is C19H23N2O4+.